The van der Waals surface area contributed by atoms with E-state index in [1.54, 1.807) is 6.07 Å². The minimum atomic E-state index is -0.485. The molecule has 0 aliphatic carbocycles. The zero-order chi connectivity index (χ0) is 20.7. The van der Waals surface area contributed by atoms with Gasteiger partial charge in [-0.1, -0.05) is 19.0 Å². The molecule has 0 aliphatic heterocycles. The Morgan fingerprint density at radius 1 is 1.25 bits per heavy atom. The second kappa shape index (κ2) is 9.67. The summed E-state index contributed by atoms with van der Waals surface area (Å²) in [4.78, 5) is 27.0. The molecule has 28 heavy (non-hydrogen) atoms. The lowest BCUT2D eigenvalue weighted by Gasteiger charge is -2.11. The van der Waals surface area contributed by atoms with E-state index in [9.17, 15) is 14.9 Å². The van der Waals surface area contributed by atoms with Crippen LogP contribution < -0.4 is 14.8 Å². The first kappa shape index (κ1) is 21.1. The number of methoxy groups -OCH3 is 2. The molecule has 1 N–H and O–H groups in total. The normalized spacial score (nSPS) is 10.8. The molecule has 1 aromatic heterocycles. The number of rotatable bonds is 10. The van der Waals surface area contributed by atoms with Crippen molar-refractivity contribution in [2.24, 2.45) is 0 Å². The highest BCUT2D eigenvalue weighted by atomic mass is 16.6. The number of hydrogen-bond donors (Lipinski definition) is 1. The van der Waals surface area contributed by atoms with Crippen LogP contribution in [0.3, 0.4) is 0 Å². The molecule has 1 aromatic carbocycles. The van der Waals surface area contributed by atoms with Crippen LogP contribution in [0, 0.1) is 10.1 Å². The topological polar surface area (TPSA) is 130 Å². The zero-order valence-electron chi connectivity index (χ0n) is 16.4. The van der Waals surface area contributed by atoms with Gasteiger partial charge in [0.15, 0.2) is 17.3 Å². The Bertz CT molecular complexity index is 833. The van der Waals surface area contributed by atoms with Gasteiger partial charge in [0.25, 0.3) is 5.69 Å². The summed E-state index contributed by atoms with van der Waals surface area (Å²) >= 11 is 0. The molecule has 152 valence electrons. The molecule has 0 bridgehead atoms. The van der Waals surface area contributed by atoms with Crippen LogP contribution >= 0.6 is 0 Å². The van der Waals surface area contributed by atoms with Crippen LogP contribution in [-0.4, -0.2) is 41.7 Å². The summed E-state index contributed by atoms with van der Waals surface area (Å²) < 4.78 is 15.4. The van der Waals surface area contributed by atoms with Gasteiger partial charge in [0.2, 0.25) is 11.8 Å². The molecule has 0 spiro atoms. The van der Waals surface area contributed by atoms with Crippen LogP contribution in [0.15, 0.2) is 16.7 Å². The maximum atomic E-state index is 12.0. The van der Waals surface area contributed by atoms with E-state index in [-0.39, 0.29) is 42.6 Å². The van der Waals surface area contributed by atoms with Crippen LogP contribution in [0.25, 0.3) is 0 Å². The smallest absolute Gasteiger partial charge is 0.276 e. The third kappa shape index (κ3) is 5.41. The van der Waals surface area contributed by atoms with Gasteiger partial charge in [-0.25, -0.2) is 0 Å². The maximum Gasteiger partial charge on any atom is 0.276 e. The van der Waals surface area contributed by atoms with E-state index in [0.717, 1.165) is 0 Å². The number of benzene rings is 1. The number of aryl methyl sites for hydroxylation is 1. The van der Waals surface area contributed by atoms with Crippen LogP contribution in [-0.2, 0) is 17.6 Å². The van der Waals surface area contributed by atoms with Crippen molar-refractivity contribution in [3.05, 3.63) is 39.5 Å². The Labute approximate surface area is 162 Å². The van der Waals surface area contributed by atoms with Crippen molar-refractivity contribution in [1.82, 2.24) is 15.5 Å². The molecular formula is C18H24N4O6. The molecule has 2 aromatic rings. The number of aromatic nitrogens is 2. The molecule has 0 radical (unpaired) electrons. The third-order valence-electron chi connectivity index (χ3n) is 4.06. The highest BCUT2D eigenvalue weighted by Crippen LogP contribution is 2.34. The molecule has 0 unspecified atom stereocenters. The van der Waals surface area contributed by atoms with Gasteiger partial charge in [0.1, 0.15) is 0 Å². The average Bonchev–Trinajstić information content (AvgIpc) is 3.15. The standard InChI is InChI=1S/C18H24N4O6/c1-11(2)18-20-17(28-21-18)6-5-16(23)19-8-7-12-9-14(26-3)15(27-4)10-13(12)22(24)25/h9-11H,5-8H2,1-4H3,(H,19,23). The number of amides is 1. The summed E-state index contributed by atoms with van der Waals surface area (Å²) in [6, 6.07) is 2.87. The van der Waals surface area contributed by atoms with E-state index in [1.807, 2.05) is 13.8 Å². The van der Waals surface area contributed by atoms with E-state index in [0.29, 0.717) is 29.4 Å². The van der Waals surface area contributed by atoms with Crippen LogP contribution in [0.1, 0.15) is 43.5 Å². The fraction of sp³-hybridized carbons (Fsp3) is 0.500. The number of carbonyl (C=O) groups excluding carboxylic acids is 1. The van der Waals surface area contributed by atoms with Gasteiger partial charge >= 0.3 is 0 Å². The Balaban J connectivity index is 1.91. The second-order valence-corrected chi connectivity index (χ2v) is 6.39. The molecule has 1 heterocycles. The van der Waals surface area contributed by atoms with Gasteiger partial charge in [-0.05, 0) is 12.5 Å². The molecule has 2 rings (SSSR count). The first-order valence-electron chi connectivity index (χ1n) is 8.84. The fourth-order valence-electron chi connectivity index (χ4n) is 2.53. The van der Waals surface area contributed by atoms with Crippen molar-refractivity contribution in [3.8, 4) is 11.5 Å². The van der Waals surface area contributed by atoms with Gasteiger partial charge < -0.3 is 19.3 Å². The summed E-state index contributed by atoms with van der Waals surface area (Å²) in [6.07, 6.45) is 0.802. The number of nitro groups is 1. The SMILES string of the molecule is COc1cc(CCNC(=O)CCc2nc(C(C)C)no2)c([N+](=O)[O-])cc1OC. The molecule has 0 saturated heterocycles. The molecule has 1 amide bonds. The number of nitro benzene ring substituents is 1. The summed E-state index contributed by atoms with van der Waals surface area (Å²) in [5.41, 5.74) is 0.361. The van der Waals surface area contributed by atoms with Crippen LogP contribution in [0.2, 0.25) is 0 Å². The van der Waals surface area contributed by atoms with Crippen LogP contribution in [0.5, 0.6) is 11.5 Å². The van der Waals surface area contributed by atoms with E-state index in [1.165, 1.54) is 20.3 Å². The second-order valence-electron chi connectivity index (χ2n) is 6.39. The molecule has 0 fully saturated rings. The molecule has 0 aliphatic rings. The minimum absolute atomic E-state index is 0.0843. The number of nitrogens with one attached hydrogen (secondary N) is 1. The first-order valence-corrected chi connectivity index (χ1v) is 8.84. The number of hydrogen-bond acceptors (Lipinski definition) is 8. The Hall–Kier alpha value is -3.17. The Morgan fingerprint density at radius 2 is 1.93 bits per heavy atom. The third-order valence-corrected chi connectivity index (χ3v) is 4.06. The first-order chi connectivity index (χ1) is 13.3. The summed E-state index contributed by atoms with van der Waals surface area (Å²) in [6.45, 7) is 4.15. The number of nitrogens with zero attached hydrogens (tertiary/aromatic N) is 3. The van der Waals surface area contributed by atoms with Gasteiger partial charge in [0, 0.05) is 30.9 Å². The lowest BCUT2D eigenvalue weighted by Crippen LogP contribution is -2.26. The fourth-order valence-corrected chi connectivity index (χ4v) is 2.53. The minimum Gasteiger partial charge on any atom is -0.493 e. The van der Waals surface area contributed by atoms with Gasteiger partial charge in [-0.2, -0.15) is 4.98 Å². The zero-order valence-corrected chi connectivity index (χ0v) is 16.4. The highest BCUT2D eigenvalue weighted by molar-refractivity contribution is 5.76. The van der Waals surface area contributed by atoms with E-state index in [2.05, 4.69) is 15.5 Å². The van der Waals surface area contributed by atoms with Crippen molar-refractivity contribution in [2.45, 2.75) is 39.0 Å². The van der Waals surface area contributed by atoms with E-state index >= 15 is 0 Å². The largest absolute Gasteiger partial charge is 0.493 e. The van der Waals surface area contributed by atoms with Crippen LogP contribution in [0.4, 0.5) is 5.69 Å². The molecule has 0 atom stereocenters. The van der Waals surface area contributed by atoms with Crippen molar-refractivity contribution in [1.29, 1.82) is 0 Å². The molecule has 10 nitrogen and oxygen atoms in total. The quantitative estimate of drug-likeness (QED) is 0.482. The summed E-state index contributed by atoms with van der Waals surface area (Å²) in [5.74, 6) is 1.65. The van der Waals surface area contributed by atoms with Crippen molar-refractivity contribution in [2.75, 3.05) is 20.8 Å². The maximum absolute atomic E-state index is 12.0. The predicted molar refractivity (Wildman–Crippen MR) is 99.6 cm³/mol. The van der Waals surface area contributed by atoms with Gasteiger partial charge in [-0.15, -0.1) is 0 Å². The predicted octanol–water partition coefficient (Wildman–Crippen LogP) is 2.41. The monoisotopic (exact) mass is 392 g/mol. The van der Waals surface area contributed by atoms with E-state index < -0.39 is 4.92 Å². The molecule has 10 heteroatoms. The summed E-state index contributed by atoms with van der Waals surface area (Å²) in [5, 5.41) is 17.9. The molecular weight excluding hydrogens is 368 g/mol. The van der Waals surface area contributed by atoms with Crippen molar-refractivity contribution >= 4 is 11.6 Å². The van der Waals surface area contributed by atoms with Crippen molar-refractivity contribution < 1.29 is 23.7 Å². The average molecular weight is 392 g/mol. The Morgan fingerprint density at radius 3 is 2.50 bits per heavy atom. The lowest BCUT2D eigenvalue weighted by molar-refractivity contribution is -0.385. The number of ether oxygens (including phenoxy) is 2. The molecule has 0 saturated carbocycles. The van der Waals surface area contributed by atoms with Crippen molar-refractivity contribution in [3.63, 3.8) is 0 Å². The highest BCUT2D eigenvalue weighted by Gasteiger charge is 2.19. The number of carbonyl (C=O) groups is 1. The Kier molecular flexibility index (Phi) is 7.30. The van der Waals surface area contributed by atoms with Gasteiger partial charge in [-0.3, -0.25) is 14.9 Å². The summed E-state index contributed by atoms with van der Waals surface area (Å²) in [7, 11) is 2.87. The van der Waals surface area contributed by atoms with Gasteiger partial charge in [0.05, 0.1) is 25.2 Å². The van der Waals surface area contributed by atoms with E-state index in [4.69, 9.17) is 14.0 Å². The lowest BCUT2D eigenvalue weighted by atomic mass is 10.1.